The molecule has 1 aliphatic carbocycles. The Balaban J connectivity index is 1.26. The number of nitrogens with one attached hydrogen (secondary N) is 2. The second kappa shape index (κ2) is 11.9. The summed E-state index contributed by atoms with van der Waals surface area (Å²) in [5, 5.41) is 8.83. The molecule has 2 aromatic carbocycles. The van der Waals surface area contributed by atoms with Gasteiger partial charge < -0.3 is 20.3 Å². The third kappa shape index (κ3) is 6.09. The van der Waals surface area contributed by atoms with Crippen molar-refractivity contribution in [2.24, 2.45) is 0 Å². The summed E-state index contributed by atoms with van der Waals surface area (Å²) in [6.45, 7) is 7.95. The van der Waals surface area contributed by atoms with E-state index in [0.717, 1.165) is 49.9 Å². The molecule has 1 aromatic heterocycles. The molecule has 0 spiro atoms. The summed E-state index contributed by atoms with van der Waals surface area (Å²) in [5.41, 5.74) is 3.30. The van der Waals surface area contributed by atoms with E-state index in [4.69, 9.17) is 21.2 Å². The van der Waals surface area contributed by atoms with Gasteiger partial charge in [-0.25, -0.2) is 15.0 Å². The summed E-state index contributed by atoms with van der Waals surface area (Å²) in [4.78, 5) is 32.1. The normalized spacial score (nSPS) is 19.2. The molecule has 11 heteroatoms. The Kier molecular flexibility index (Phi) is 7.95. The Hall–Kier alpha value is -3.86. The predicted octanol–water partition coefficient (Wildman–Crippen LogP) is 5.17. The van der Waals surface area contributed by atoms with Crippen molar-refractivity contribution in [3.05, 3.63) is 72.0 Å². The van der Waals surface area contributed by atoms with Crippen molar-refractivity contribution in [3.8, 4) is 5.75 Å². The van der Waals surface area contributed by atoms with E-state index in [1.807, 2.05) is 42.5 Å². The Bertz CT molecular complexity index is 1420. The molecule has 1 saturated carbocycles. The number of amides is 1. The van der Waals surface area contributed by atoms with Gasteiger partial charge in [-0.05, 0) is 42.7 Å². The molecule has 3 fully saturated rings. The Labute approximate surface area is 244 Å². The Morgan fingerprint density at radius 2 is 1.93 bits per heavy atom. The molecular weight excluding hydrogens is 542 g/mol. The summed E-state index contributed by atoms with van der Waals surface area (Å²) in [7, 11) is 1.64. The van der Waals surface area contributed by atoms with E-state index < -0.39 is 0 Å². The molecule has 1 atom stereocenters. The van der Waals surface area contributed by atoms with Crippen LogP contribution in [-0.4, -0.2) is 66.7 Å². The highest BCUT2D eigenvalue weighted by molar-refractivity contribution is 6.30. The molecule has 2 aliphatic heterocycles. The number of benzene rings is 2. The largest absolute Gasteiger partial charge is 0.494 e. The maximum absolute atomic E-state index is 12.4. The van der Waals surface area contributed by atoms with Crippen molar-refractivity contribution in [1.29, 1.82) is 0 Å². The first-order chi connectivity index (χ1) is 20.0. The molecular formula is C30H34ClN7O3. The molecule has 3 aromatic rings. The van der Waals surface area contributed by atoms with E-state index in [9.17, 15) is 4.79 Å². The van der Waals surface area contributed by atoms with Crippen molar-refractivity contribution < 1.29 is 14.4 Å². The molecule has 2 N–H and O–H groups in total. The molecule has 6 rings (SSSR count). The standard InChI is InChI=1S/C30H34ClN7O3/c1-3-30(39)35-23-16-24(27(40-2)17-26(23)37-12-10-36(11-13-37)22-7-8-22)34-28-18-29(33-19-32-28)38-25(9-14-41-38)20-5-4-6-21(31)15-20/h3-6,15-19,22,25H,1,7-14H2,2H3,(H,35,39)(H,32,33,34)/t25-/m1/s1. The van der Waals surface area contributed by atoms with Crippen molar-refractivity contribution >= 4 is 46.2 Å². The van der Waals surface area contributed by atoms with Gasteiger partial charge in [0.1, 0.15) is 17.9 Å². The molecule has 3 heterocycles. The average Bonchev–Trinajstić information content (AvgIpc) is 3.73. The Morgan fingerprint density at radius 1 is 1.10 bits per heavy atom. The molecule has 1 amide bonds. The van der Waals surface area contributed by atoms with Crippen LogP contribution in [0, 0.1) is 0 Å². The number of carbonyl (C=O) groups excluding carboxylic acids is 1. The second-order valence-electron chi connectivity index (χ2n) is 10.4. The van der Waals surface area contributed by atoms with Crippen molar-refractivity contribution in [2.45, 2.75) is 31.3 Å². The van der Waals surface area contributed by atoms with Gasteiger partial charge in [-0.2, -0.15) is 0 Å². The fourth-order valence-corrected chi connectivity index (χ4v) is 5.73. The fraction of sp³-hybridized carbons (Fsp3) is 0.367. The van der Waals surface area contributed by atoms with Crippen LogP contribution in [0.5, 0.6) is 5.75 Å². The van der Waals surface area contributed by atoms with Gasteiger partial charge in [0.15, 0.2) is 5.82 Å². The van der Waals surface area contributed by atoms with Crippen molar-refractivity contribution in [3.63, 3.8) is 0 Å². The van der Waals surface area contributed by atoms with Crippen LogP contribution in [0.4, 0.5) is 28.7 Å². The minimum atomic E-state index is -0.276. The number of hydrogen-bond donors (Lipinski definition) is 2. The van der Waals surface area contributed by atoms with Gasteiger partial charge in [0, 0.05) is 55.8 Å². The lowest BCUT2D eigenvalue weighted by Crippen LogP contribution is -2.47. The molecule has 41 heavy (non-hydrogen) atoms. The van der Waals surface area contributed by atoms with Crippen molar-refractivity contribution in [2.75, 3.05) is 60.5 Å². The van der Waals surface area contributed by atoms with E-state index in [1.54, 1.807) is 12.2 Å². The monoisotopic (exact) mass is 575 g/mol. The van der Waals surface area contributed by atoms with Gasteiger partial charge in [0.2, 0.25) is 5.91 Å². The highest BCUT2D eigenvalue weighted by atomic mass is 35.5. The van der Waals surface area contributed by atoms with Crippen LogP contribution in [0.1, 0.15) is 30.9 Å². The van der Waals surface area contributed by atoms with E-state index >= 15 is 0 Å². The number of rotatable bonds is 9. The smallest absolute Gasteiger partial charge is 0.247 e. The zero-order chi connectivity index (χ0) is 28.3. The number of anilines is 5. The number of ether oxygens (including phenoxy) is 1. The first-order valence-corrected chi connectivity index (χ1v) is 14.3. The molecule has 214 valence electrons. The molecule has 3 aliphatic rings. The highest BCUT2D eigenvalue weighted by Crippen LogP contribution is 2.40. The second-order valence-corrected chi connectivity index (χ2v) is 10.9. The summed E-state index contributed by atoms with van der Waals surface area (Å²) < 4.78 is 5.80. The summed E-state index contributed by atoms with van der Waals surface area (Å²) in [6.07, 6.45) is 6.17. The van der Waals surface area contributed by atoms with E-state index in [2.05, 4.69) is 37.0 Å². The first kappa shape index (κ1) is 27.3. The Morgan fingerprint density at radius 3 is 2.66 bits per heavy atom. The summed E-state index contributed by atoms with van der Waals surface area (Å²) in [5.74, 6) is 1.53. The third-order valence-corrected chi connectivity index (χ3v) is 7.99. The number of carbonyl (C=O) groups is 1. The molecule has 10 nitrogen and oxygen atoms in total. The fourth-order valence-electron chi connectivity index (χ4n) is 5.53. The molecule has 2 saturated heterocycles. The summed E-state index contributed by atoms with van der Waals surface area (Å²) >= 11 is 6.25. The number of hydroxylamine groups is 1. The van der Waals surface area contributed by atoms with Crippen LogP contribution in [0.15, 0.2) is 61.4 Å². The van der Waals surface area contributed by atoms with Crippen LogP contribution in [-0.2, 0) is 9.63 Å². The van der Waals surface area contributed by atoms with Crippen LogP contribution in [0.2, 0.25) is 5.02 Å². The zero-order valence-electron chi connectivity index (χ0n) is 23.1. The molecule has 0 bridgehead atoms. The van der Waals surface area contributed by atoms with Gasteiger partial charge in [-0.1, -0.05) is 30.3 Å². The van der Waals surface area contributed by atoms with Gasteiger partial charge in [-0.15, -0.1) is 0 Å². The predicted molar refractivity (Wildman–Crippen MR) is 161 cm³/mol. The number of nitrogens with zero attached hydrogens (tertiary/aromatic N) is 5. The van der Waals surface area contributed by atoms with Crippen LogP contribution in [0.3, 0.4) is 0 Å². The van der Waals surface area contributed by atoms with E-state index in [1.165, 1.54) is 25.2 Å². The van der Waals surface area contributed by atoms with Crippen LogP contribution >= 0.6 is 11.6 Å². The molecule has 0 unspecified atom stereocenters. The number of halogens is 1. The highest BCUT2D eigenvalue weighted by Gasteiger charge is 2.32. The minimum absolute atomic E-state index is 0.0219. The lowest BCUT2D eigenvalue weighted by Gasteiger charge is -2.37. The quantitative estimate of drug-likeness (QED) is 0.335. The lowest BCUT2D eigenvalue weighted by molar-refractivity contribution is -0.111. The van der Waals surface area contributed by atoms with Gasteiger partial charge >= 0.3 is 0 Å². The van der Waals surface area contributed by atoms with Gasteiger partial charge in [-0.3, -0.25) is 14.5 Å². The van der Waals surface area contributed by atoms with Gasteiger partial charge in [0.05, 0.1) is 36.8 Å². The van der Waals surface area contributed by atoms with Crippen LogP contribution < -0.4 is 25.3 Å². The summed E-state index contributed by atoms with van der Waals surface area (Å²) in [6, 6.07) is 14.2. The lowest BCUT2D eigenvalue weighted by atomic mass is 10.0. The number of piperazine rings is 1. The van der Waals surface area contributed by atoms with Gasteiger partial charge in [0.25, 0.3) is 0 Å². The zero-order valence-corrected chi connectivity index (χ0v) is 23.8. The number of aromatic nitrogens is 2. The maximum atomic E-state index is 12.4. The maximum Gasteiger partial charge on any atom is 0.247 e. The first-order valence-electron chi connectivity index (χ1n) is 13.9. The molecule has 0 radical (unpaired) electrons. The van der Waals surface area contributed by atoms with Crippen LogP contribution in [0.25, 0.3) is 0 Å². The van der Waals surface area contributed by atoms with Crippen molar-refractivity contribution in [1.82, 2.24) is 14.9 Å². The minimum Gasteiger partial charge on any atom is -0.494 e. The number of hydrogen-bond acceptors (Lipinski definition) is 9. The average molecular weight is 576 g/mol. The number of methoxy groups -OCH3 is 1. The van der Waals surface area contributed by atoms with E-state index in [-0.39, 0.29) is 11.9 Å². The van der Waals surface area contributed by atoms with E-state index in [0.29, 0.717) is 40.4 Å². The topological polar surface area (TPSA) is 95.1 Å². The SMILES string of the molecule is C=CC(=O)Nc1cc(Nc2cc(N3OCC[C@@H]3c3cccc(Cl)c3)ncn2)c(OC)cc1N1CCN(C2CC2)CC1. The third-order valence-electron chi connectivity index (χ3n) is 7.76.